The van der Waals surface area contributed by atoms with E-state index in [-0.39, 0.29) is 0 Å². The molecule has 2 rings (SSSR count). The lowest BCUT2D eigenvalue weighted by atomic mass is 9.81. The Balaban J connectivity index is 2.26. The highest BCUT2D eigenvalue weighted by atomic mass is 14.5. The molecule has 0 aliphatic heterocycles. The van der Waals surface area contributed by atoms with E-state index in [1.54, 1.807) is 11.1 Å². The maximum Gasteiger partial charge on any atom is -0.00715 e. The largest absolute Gasteiger partial charge is 0.330 e. The predicted molar refractivity (Wildman–Crippen MR) is 69.9 cm³/mol. The number of benzene rings is 1. The summed E-state index contributed by atoms with van der Waals surface area (Å²) in [4.78, 5) is 0. The van der Waals surface area contributed by atoms with Crippen molar-refractivity contribution in [2.24, 2.45) is 5.73 Å². The summed E-state index contributed by atoms with van der Waals surface area (Å²) < 4.78 is 0. The molecular weight excluding hydrogens is 194 g/mol. The predicted octanol–water partition coefficient (Wildman–Crippen LogP) is 3.58. The fraction of sp³-hybridized carbons (Fsp3) is 0.600. The fourth-order valence-electron chi connectivity index (χ4n) is 2.78. The third-order valence-corrected chi connectivity index (χ3v) is 3.95. The van der Waals surface area contributed by atoms with Gasteiger partial charge < -0.3 is 5.73 Å². The maximum absolute atomic E-state index is 5.63. The summed E-state index contributed by atoms with van der Waals surface area (Å²) in [5, 5.41) is 0. The summed E-state index contributed by atoms with van der Waals surface area (Å²) in [5.41, 5.74) is 10.3. The van der Waals surface area contributed by atoms with Crippen LogP contribution < -0.4 is 5.73 Å². The molecule has 0 bridgehead atoms. The molecule has 0 aromatic heterocycles. The van der Waals surface area contributed by atoms with Crippen LogP contribution in [-0.4, -0.2) is 6.54 Å². The molecule has 0 amide bonds. The highest BCUT2D eigenvalue weighted by Gasteiger charge is 2.17. The van der Waals surface area contributed by atoms with Crippen molar-refractivity contribution in [3.05, 3.63) is 34.9 Å². The summed E-state index contributed by atoms with van der Waals surface area (Å²) in [6, 6.07) is 7.07. The van der Waals surface area contributed by atoms with Crippen molar-refractivity contribution in [2.75, 3.05) is 6.54 Å². The number of rotatable bonds is 3. The molecule has 1 aliphatic rings. The normalized spacial score (nSPS) is 21.6. The van der Waals surface area contributed by atoms with Crippen molar-refractivity contribution < 1.29 is 0 Å². The number of fused-ring (bicyclic) bond motifs is 1. The molecule has 2 atom stereocenters. The molecular formula is C15H23N. The topological polar surface area (TPSA) is 26.0 Å². The van der Waals surface area contributed by atoms with Crippen LogP contribution in [0.1, 0.15) is 61.6 Å². The molecule has 0 saturated carbocycles. The monoisotopic (exact) mass is 217 g/mol. The van der Waals surface area contributed by atoms with Crippen molar-refractivity contribution in [1.82, 2.24) is 0 Å². The molecule has 0 spiro atoms. The zero-order valence-electron chi connectivity index (χ0n) is 10.5. The average molecular weight is 217 g/mol. The Morgan fingerprint density at radius 3 is 3.00 bits per heavy atom. The van der Waals surface area contributed by atoms with E-state index in [2.05, 4.69) is 32.0 Å². The molecule has 1 aromatic rings. The molecule has 16 heavy (non-hydrogen) atoms. The van der Waals surface area contributed by atoms with Crippen molar-refractivity contribution in [1.29, 1.82) is 0 Å². The standard InChI is InChI=1S/C15H23N/c1-11(8-9-16)14-7-6-13-5-3-4-12(2)15(13)10-14/h6-7,10-12H,3-5,8-9,16H2,1-2H3. The molecule has 0 radical (unpaired) electrons. The van der Waals surface area contributed by atoms with Crippen molar-refractivity contribution in [2.45, 2.75) is 51.4 Å². The van der Waals surface area contributed by atoms with Crippen molar-refractivity contribution >= 4 is 0 Å². The van der Waals surface area contributed by atoms with E-state index in [0.717, 1.165) is 18.9 Å². The van der Waals surface area contributed by atoms with Gasteiger partial charge in [-0.15, -0.1) is 0 Å². The first-order chi connectivity index (χ1) is 7.72. The van der Waals surface area contributed by atoms with Gasteiger partial charge in [-0.3, -0.25) is 0 Å². The molecule has 0 fully saturated rings. The van der Waals surface area contributed by atoms with Gasteiger partial charge in [-0.1, -0.05) is 32.0 Å². The van der Waals surface area contributed by atoms with Crippen LogP contribution in [0.5, 0.6) is 0 Å². The smallest absolute Gasteiger partial charge is 0.00715 e. The summed E-state index contributed by atoms with van der Waals surface area (Å²) in [7, 11) is 0. The van der Waals surface area contributed by atoms with Crippen LogP contribution in [-0.2, 0) is 6.42 Å². The van der Waals surface area contributed by atoms with E-state index >= 15 is 0 Å². The van der Waals surface area contributed by atoms with Gasteiger partial charge >= 0.3 is 0 Å². The second-order valence-corrected chi connectivity index (χ2v) is 5.23. The summed E-state index contributed by atoms with van der Waals surface area (Å²) >= 11 is 0. The van der Waals surface area contributed by atoms with E-state index in [1.807, 2.05) is 0 Å². The third kappa shape index (κ3) is 2.30. The second kappa shape index (κ2) is 5.01. The lowest BCUT2D eigenvalue weighted by molar-refractivity contribution is 0.587. The molecule has 1 aliphatic carbocycles. The third-order valence-electron chi connectivity index (χ3n) is 3.95. The molecule has 1 nitrogen and oxygen atoms in total. The lowest BCUT2D eigenvalue weighted by Gasteiger charge is -2.24. The first-order valence-electron chi connectivity index (χ1n) is 6.55. The average Bonchev–Trinajstić information content (AvgIpc) is 2.29. The molecule has 1 heteroatoms. The molecule has 1 aromatic carbocycles. The quantitative estimate of drug-likeness (QED) is 0.823. The van der Waals surface area contributed by atoms with E-state index < -0.39 is 0 Å². The highest BCUT2D eigenvalue weighted by Crippen LogP contribution is 2.33. The highest BCUT2D eigenvalue weighted by molar-refractivity contribution is 5.37. The van der Waals surface area contributed by atoms with Gasteiger partial charge in [0.05, 0.1) is 0 Å². The van der Waals surface area contributed by atoms with Crippen LogP contribution in [0.25, 0.3) is 0 Å². The maximum atomic E-state index is 5.63. The van der Waals surface area contributed by atoms with Gasteiger partial charge in [0, 0.05) is 0 Å². The molecule has 88 valence electrons. The Labute approximate surface area is 99.0 Å². The summed E-state index contributed by atoms with van der Waals surface area (Å²) in [6.45, 7) is 5.42. The van der Waals surface area contributed by atoms with Crippen molar-refractivity contribution in [3.8, 4) is 0 Å². The van der Waals surface area contributed by atoms with Gasteiger partial charge in [-0.2, -0.15) is 0 Å². The Hall–Kier alpha value is -0.820. The Bertz CT molecular complexity index is 356. The van der Waals surface area contributed by atoms with Gasteiger partial charge in [0.1, 0.15) is 0 Å². The minimum Gasteiger partial charge on any atom is -0.330 e. The van der Waals surface area contributed by atoms with Crippen LogP contribution in [0.3, 0.4) is 0 Å². The van der Waals surface area contributed by atoms with Crippen LogP contribution in [0.4, 0.5) is 0 Å². The minimum absolute atomic E-state index is 0.601. The minimum atomic E-state index is 0.601. The van der Waals surface area contributed by atoms with Gasteiger partial charge in [0.25, 0.3) is 0 Å². The molecule has 0 heterocycles. The van der Waals surface area contributed by atoms with Gasteiger partial charge in [0.15, 0.2) is 0 Å². The van der Waals surface area contributed by atoms with Gasteiger partial charge in [0.2, 0.25) is 0 Å². The van der Waals surface area contributed by atoms with Crippen molar-refractivity contribution in [3.63, 3.8) is 0 Å². The number of hydrogen-bond donors (Lipinski definition) is 1. The van der Waals surface area contributed by atoms with Crippen LogP contribution in [0, 0.1) is 0 Å². The molecule has 0 saturated heterocycles. The van der Waals surface area contributed by atoms with Crippen LogP contribution in [0.15, 0.2) is 18.2 Å². The zero-order valence-corrected chi connectivity index (χ0v) is 10.5. The second-order valence-electron chi connectivity index (χ2n) is 5.23. The first kappa shape index (κ1) is 11.7. The Morgan fingerprint density at radius 1 is 1.44 bits per heavy atom. The Morgan fingerprint density at radius 2 is 2.25 bits per heavy atom. The molecule has 2 N–H and O–H groups in total. The molecule has 2 unspecified atom stereocenters. The van der Waals surface area contributed by atoms with E-state index in [4.69, 9.17) is 5.73 Å². The van der Waals surface area contributed by atoms with E-state index in [1.165, 1.54) is 24.8 Å². The van der Waals surface area contributed by atoms with Crippen LogP contribution in [0.2, 0.25) is 0 Å². The fourth-order valence-corrected chi connectivity index (χ4v) is 2.78. The van der Waals surface area contributed by atoms with Gasteiger partial charge in [-0.25, -0.2) is 0 Å². The SMILES string of the molecule is CC(CCN)c1ccc2c(c1)C(C)CCC2. The first-order valence-corrected chi connectivity index (χ1v) is 6.55. The number of nitrogens with two attached hydrogens (primary N) is 1. The van der Waals surface area contributed by atoms with Gasteiger partial charge in [-0.05, 0) is 60.8 Å². The van der Waals surface area contributed by atoms with E-state index in [0.29, 0.717) is 5.92 Å². The summed E-state index contributed by atoms with van der Waals surface area (Å²) in [5.74, 6) is 1.35. The number of aryl methyl sites for hydroxylation is 1. The van der Waals surface area contributed by atoms with E-state index in [9.17, 15) is 0 Å². The zero-order chi connectivity index (χ0) is 11.5. The number of hydrogen-bond acceptors (Lipinski definition) is 1. The Kier molecular flexibility index (Phi) is 3.65. The van der Waals surface area contributed by atoms with Crippen LogP contribution >= 0.6 is 0 Å². The summed E-state index contributed by atoms with van der Waals surface area (Å²) in [6.07, 6.45) is 5.06. The lowest BCUT2D eigenvalue weighted by Crippen LogP contribution is -2.09.